The number of hydrazine groups is 1. The lowest BCUT2D eigenvalue weighted by atomic mass is 9.95. The molecule has 0 saturated carbocycles. The summed E-state index contributed by atoms with van der Waals surface area (Å²) in [6.45, 7) is 5.25. The average molecular weight is 408 g/mol. The largest absolute Gasteiger partial charge is 0.341 e. The van der Waals surface area contributed by atoms with E-state index >= 15 is 0 Å². The molecule has 7 nitrogen and oxygen atoms in total. The van der Waals surface area contributed by atoms with Crippen molar-refractivity contribution < 1.29 is 9.59 Å². The number of nitrogens with one attached hydrogen (secondary N) is 3. The first kappa shape index (κ1) is 20.5. The van der Waals surface area contributed by atoms with E-state index in [0.717, 1.165) is 29.7 Å². The molecule has 2 aromatic rings. The second-order valence-electron chi connectivity index (χ2n) is 8.33. The third-order valence-corrected chi connectivity index (χ3v) is 6.17. The van der Waals surface area contributed by atoms with Gasteiger partial charge in [-0.15, -0.1) is 0 Å². The number of aryl methyl sites for hydroxylation is 2. The molecule has 2 aliphatic heterocycles. The highest BCUT2D eigenvalue weighted by molar-refractivity contribution is 5.93. The van der Waals surface area contributed by atoms with Gasteiger partial charge in [0.25, 0.3) is 0 Å². The summed E-state index contributed by atoms with van der Waals surface area (Å²) < 4.78 is 0. The summed E-state index contributed by atoms with van der Waals surface area (Å²) in [6.07, 6.45) is 5.87. The van der Waals surface area contributed by atoms with Gasteiger partial charge in [0, 0.05) is 37.2 Å². The van der Waals surface area contributed by atoms with E-state index in [4.69, 9.17) is 0 Å². The summed E-state index contributed by atoms with van der Waals surface area (Å²) in [7, 11) is 0. The van der Waals surface area contributed by atoms with Crippen LogP contribution >= 0.6 is 0 Å². The second kappa shape index (κ2) is 8.93. The van der Waals surface area contributed by atoms with E-state index in [0.29, 0.717) is 19.5 Å². The lowest BCUT2D eigenvalue weighted by molar-refractivity contribution is -0.136. The fourth-order valence-electron chi connectivity index (χ4n) is 4.19. The molecule has 3 atom stereocenters. The fourth-order valence-corrected chi connectivity index (χ4v) is 4.19. The molecule has 2 amide bonds. The molecule has 2 saturated heterocycles. The summed E-state index contributed by atoms with van der Waals surface area (Å²) in [6, 6.07) is 9.60. The molecule has 0 radical (unpaired) electrons. The summed E-state index contributed by atoms with van der Waals surface area (Å²) in [4.78, 5) is 31.9. The molecule has 2 aliphatic rings. The number of hydrogen-bond donors (Lipinski definition) is 3. The Bertz CT molecular complexity index is 917. The molecule has 0 aliphatic carbocycles. The molecule has 158 valence electrons. The monoisotopic (exact) mass is 407 g/mol. The number of nitrogens with zero attached hydrogens (tertiary/aromatic N) is 2. The summed E-state index contributed by atoms with van der Waals surface area (Å²) >= 11 is 0. The maximum absolute atomic E-state index is 13.1. The van der Waals surface area contributed by atoms with Crippen molar-refractivity contribution >= 4 is 17.5 Å². The first-order valence-electron chi connectivity index (χ1n) is 10.6. The Labute approximate surface area is 177 Å². The van der Waals surface area contributed by atoms with Gasteiger partial charge >= 0.3 is 0 Å². The van der Waals surface area contributed by atoms with Crippen LogP contribution < -0.4 is 16.2 Å². The third-order valence-electron chi connectivity index (χ3n) is 6.17. The van der Waals surface area contributed by atoms with Crippen molar-refractivity contribution in [2.75, 3.05) is 18.4 Å². The van der Waals surface area contributed by atoms with Crippen LogP contribution in [0.15, 0.2) is 42.7 Å². The molecule has 2 fully saturated rings. The van der Waals surface area contributed by atoms with Crippen LogP contribution in [0.2, 0.25) is 0 Å². The number of benzene rings is 1. The Hall–Kier alpha value is -2.77. The predicted octanol–water partition coefficient (Wildman–Crippen LogP) is 2.48. The Morgan fingerprint density at radius 2 is 2.03 bits per heavy atom. The zero-order chi connectivity index (χ0) is 21.1. The Morgan fingerprint density at radius 1 is 1.17 bits per heavy atom. The number of anilines is 1. The molecule has 1 aromatic carbocycles. The second-order valence-corrected chi connectivity index (χ2v) is 8.33. The molecule has 3 unspecified atom stereocenters. The smallest absolute Gasteiger partial charge is 0.241 e. The molecule has 3 N–H and O–H groups in total. The minimum atomic E-state index is -0.295. The van der Waals surface area contributed by atoms with Crippen LogP contribution in [-0.2, 0) is 9.59 Å². The van der Waals surface area contributed by atoms with Crippen LogP contribution in [0.1, 0.15) is 42.0 Å². The van der Waals surface area contributed by atoms with Gasteiger partial charge < -0.3 is 10.2 Å². The van der Waals surface area contributed by atoms with Gasteiger partial charge in [0.05, 0.1) is 5.92 Å². The van der Waals surface area contributed by atoms with E-state index in [2.05, 4.69) is 28.1 Å². The minimum absolute atomic E-state index is 0.0125. The van der Waals surface area contributed by atoms with Crippen molar-refractivity contribution in [3.63, 3.8) is 0 Å². The van der Waals surface area contributed by atoms with Crippen molar-refractivity contribution in [2.45, 2.75) is 45.2 Å². The summed E-state index contributed by atoms with van der Waals surface area (Å²) in [5.41, 5.74) is 10.6. The zero-order valence-electron chi connectivity index (χ0n) is 17.5. The highest BCUT2D eigenvalue weighted by Crippen LogP contribution is 2.25. The number of hydrogen-bond acceptors (Lipinski definition) is 5. The minimum Gasteiger partial charge on any atom is -0.341 e. The van der Waals surface area contributed by atoms with Crippen molar-refractivity contribution in [3.05, 3.63) is 59.4 Å². The van der Waals surface area contributed by atoms with Crippen LogP contribution in [0.4, 0.5) is 5.69 Å². The average Bonchev–Trinajstić information content (AvgIpc) is 3.27. The molecule has 4 rings (SSSR count). The molecule has 7 heteroatoms. The van der Waals surface area contributed by atoms with Crippen molar-refractivity contribution in [2.24, 2.45) is 5.92 Å². The fraction of sp³-hybridized carbons (Fsp3) is 0.435. The first-order chi connectivity index (χ1) is 14.5. The van der Waals surface area contributed by atoms with Gasteiger partial charge in [-0.2, -0.15) is 0 Å². The van der Waals surface area contributed by atoms with Gasteiger partial charge in [-0.3, -0.25) is 14.6 Å². The van der Waals surface area contributed by atoms with E-state index in [-0.39, 0.29) is 29.8 Å². The lowest BCUT2D eigenvalue weighted by Gasteiger charge is -2.33. The van der Waals surface area contributed by atoms with Gasteiger partial charge in [-0.05, 0) is 68.0 Å². The Balaban J connectivity index is 1.34. The molecule has 30 heavy (non-hydrogen) atoms. The Kier molecular flexibility index (Phi) is 6.11. The number of aromatic nitrogens is 1. The highest BCUT2D eigenvalue weighted by atomic mass is 16.2. The Morgan fingerprint density at radius 3 is 2.80 bits per heavy atom. The van der Waals surface area contributed by atoms with E-state index in [1.807, 2.05) is 48.4 Å². The number of pyridine rings is 1. The topological polar surface area (TPSA) is 86.4 Å². The van der Waals surface area contributed by atoms with Gasteiger partial charge in [-0.25, -0.2) is 10.9 Å². The molecular weight excluding hydrogens is 378 g/mol. The van der Waals surface area contributed by atoms with Gasteiger partial charge in [-0.1, -0.05) is 12.1 Å². The van der Waals surface area contributed by atoms with Crippen molar-refractivity contribution in [1.82, 2.24) is 20.7 Å². The maximum atomic E-state index is 13.1. The number of rotatable bonds is 4. The van der Waals surface area contributed by atoms with Crippen LogP contribution in [0, 0.1) is 19.8 Å². The lowest BCUT2D eigenvalue weighted by Crippen LogP contribution is -2.50. The van der Waals surface area contributed by atoms with E-state index in [1.54, 1.807) is 6.20 Å². The van der Waals surface area contributed by atoms with Gasteiger partial charge in [0.15, 0.2) is 0 Å². The predicted molar refractivity (Wildman–Crippen MR) is 116 cm³/mol. The maximum Gasteiger partial charge on any atom is 0.241 e. The zero-order valence-corrected chi connectivity index (χ0v) is 17.5. The number of piperidine rings is 1. The van der Waals surface area contributed by atoms with E-state index < -0.39 is 0 Å². The quantitative estimate of drug-likeness (QED) is 0.725. The number of likely N-dealkylation sites (tertiary alicyclic amines) is 1. The van der Waals surface area contributed by atoms with Crippen LogP contribution in [0.25, 0.3) is 0 Å². The number of amides is 2. The summed E-state index contributed by atoms with van der Waals surface area (Å²) in [5.74, 6) is -0.146. The third kappa shape index (κ3) is 4.52. The summed E-state index contributed by atoms with van der Waals surface area (Å²) in [5, 5.41) is 3.03. The first-order valence-corrected chi connectivity index (χ1v) is 10.6. The normalized spacial score (nSPS) is 23.9. The number of carbonyl (C=O) groups excluding carboxylic acids is 2. The van der Waals surface area contributed by atoms with Crippen LogP contribution in [0.3, 0.4) is 0 Å². The molecule has 3 heterocycles. The number of carbonyl (C=O) groups is 2. The van der Waals surface area contributed by atoms with E-state index in [1.165, 1.54) is 5.56 Å². The van der Waals surface area contributed by atoms with Crippen molar-refractivity contribution in [1.29, 1.82) is 0 Å². The van der Waals surface area contributed by atoms with E-state index in [9.17, 15) is 9.59 Å². The SMILES string of the molecule is Cc1ccc(NC(=O)C2CCCN(C(=O)C3CC(c4cccnc4)NN3)C2)cc1C. The van der Waals surface area contributed by atoms with Gasteiger partial charge in [0.2, 0.25) is 11.8 Å². The van der Waals surface area contributed by atoms with Crippen LogP contribution in [0.5, 0.6) is 0 Å². The van der Waals surface area contributed by atoms with Crippen molar-refractivity contribution in [3.8, 4) is 0 Å². The molecule has 1 aromatic heterocycles. The molecular formula is C23H29N5O2. The van der Waals surface area contributed by atoms with Crippen LogP contribution in [-0.4, -0.2) is 40.8 Å². The molecule has 0 spiro atoms. The standard InChI is InChI=1S/C23H29N5O2/c1-15-7-8-19(11-16(15)2)25-22(29)18-6-4-10-28(14-18)23(30)21-12-20(26-27-21)17-5-3-9-24-13-17/h3,5,7-9,11,13,18,20-21,26-27H,4,6,10,12,14H2,1-2H3,(H,25,29). The molecule has 0 bridgehead atoms. The van der Waals surface area contributed by atoms with Gasteiger partial charge in [0.1, 0.15) is 6.04 Å². The highest BCUT2D eigenvalue weighted by Gasteiger charge is 2.36.